The lowest BCUT2D eigenvalue weighted by molar-refractivity contribution is 0.533. The molecule has 0 N–H and O–H groups in total. The average molecular weight is 396 g/mol. The van der Waals surface area contributed by atoms with Gasteiger partial charge in [-0.2, -0.15) is 5.10 Å². The van der Waals surface area contributed by atoms with E-state index in [0.717, 1.165) is 14.7 Å². The highest BCUT2D eigenvalue weighted by molar-refractivity contribution is 14.1. The normalized spacial score (nSPS) is 10.8. The molecule has 1 heterocycles. The van der Waals surface area contributed by atoms with Gasteiger partial charge in [-0.1, -0.05) is 18.2 Å². The van der Waals surface area contributed by atoms with Crippen molar-refractivity contribution < 1.29 is 8.78 Å². The van der Waals surface area contributed by atoms with Crippen LogP contribution in [0.4, 0.5) is 8.78 Å². The molecule has 2 nitrogen and oxygen atoms in total. The summed E-state index contributed by atoms with van der Waals surface area (Å²) in [5, 5.41) is 4.18. The van der Waals surface area contributed by atoms with E-state index in [-0.39, 0.29) is 12.1 Å². The van der Waals surface area contributed by atoms with E-state index in [9.17, 15) is 8.78 Å². The van der Waals surface area contributed by atoms with E-state index in [4.69, 9.17) is 0 Å². The molecule has 0 aliphatic rings. The second-order valence-corrected chi connectivity index (χ2v) is 5.88. The maximum Gasteiger partial charge on any atom is 0.131 e. The molecule has 0 spiro atoms. The van der Waals surface area contributed by atoms with Gasteiger partial charge in [0.25, 0.3) is 0 Å². The van der Waals surface area contributed by atoms with Crippen molar-refractivity contribution in [2.75, 3.05) is 0 Å². The molecular weight excluding hydrogens is 385 g/mol. The minimum atomic E-state index is -0.554. The summed E-state index contributed by atoms with van der Waals surface area (Å²) in [6.45, 7) is 0.0719. The summed E-state index contributed by atoms with van der Waals surface area (Å²) in [6.07, 6.45) is 3.49. The summed E-state index contributed by atoms with van der Waals surface area (Å²) in [5.41, 5.74) is 1.97. The van der Waals surface area contributed by atoms with Crippen LogP contribution in [0.25, 0.3) is 11.1 Å². The lowest BCUT2D eigenvalue weighted by Gasteiger charge is -2.04. The van der Waals surface area contributed by atoms with Crippen LogP contribution in [0.1, 0.15) is 5.56 Å². The molecule has 2 aromatic carbocycles. The molecule has 106 valence electrons. The Hall–Kier alpha value is -1.76. The molecule has 0 unspecified atom stereocenters. The second kappa shape index (κ2) is 5.93. The lowest BCUT2D eigenvalue weighted by Crippen LogP contribution is -2.04. The monoisotopic (exact) mass is 396 g/mol. The third-order valence-corrected chi connectivity index (χ3v) is 3.84. The van der Waals surface area contributed by atoms with E-state index < -0.39 is 11.6 Å². The Kier molecular flexibility index (Phi) is 4.01. The first-order valence-corrected chi connectivity index (χ1v) is 7.42. The summed E-state index contributed by atoms with van der Waals surface area (Å²) >= 11 is 2.24. The Balaban J connectivity index is 1.89. The first kappa shape index (κ1) is 14.2. The van der Waals surface area contributed by atoms with E-state index in [1.54, 1.807) is 12.4 Å². The Morgan fingerprint density at radius 1 is 1.00 bits per heavy atom. The molecule has 0 aliphatic heterocycles. The molecule has 5 heteroatoms. The van der Waals surface area contributed by atoms with Crippen LogP contribution >= 0.6 is 22.6 Å². The first-order chi connectivity index (χ1) is 10.1. The molecule has 21 heavy (non-hydrogen) atoms. The van der Waals surface area contributed by atoms with Crippen LogP contribution in [0.3, 0.4) is 0 Å². The fourth-order valence-corrected chi connectivity index (χ4v) is 2.66. The molecule has 0 atom stereocenters. The molecule has 0 bridgehead atoms. The maximum absolute atomic E-state index is 13.6. The third-order valence-electron chi connectivity index (χ3n) is 3.17. The van der Waals surface area contributed by atoms with Gasteiger partial charge in [0.2, 0.25) is 0 Å². The lowest BCUT2D eigenvalue weighted by atomic mass is 10.1. The highest BCUT2D eigenvalue weighted by Gasteiger charge is 2.10. The minimum absolute atomic E-state index is 0.0230. The van der Waals surface area contributed by atoms with Crippen LogP contribution in [0.15, 0.2) is 54.9 Å². The number of benzene rings is 2. The predicted molar refractivity (Wildman–Crippen MR) is 85.8 cm³/mol. The molecule has 3 rings (SSSR count). The number of nitrogens with zero attached hydrogens (tertiary/aromatic N) is 2. The Morgan fingerprint density at radius 2 is 1.71 bits per heavy atom. The van der Waals surface area contributed by atoms with Gasteiger partial charge in [0.05, 0.1) is 12.7 Å². The van der Waals surface area contributed by atoms with Gasteiger partial charge in [-0.3, -0.25) is 4.68 Å². The molecule has 0 amide bonds. The second-order valence-electron chi connectivity index (χ2n) is 4.64. The Labute approximate surface area is 134 Å². The zero-order chi connectivity index (χ0) is 14.8. The summed E-state index contributed by atoms with van der Waals surface area (Å²) in [7, 11) is 0. The van der Waals surface area contributed by atoms with E-state index in [0.29, 0.717) is 0 Å². The van der Waals surface area contributed by atoms with Gasteiger partial charge in [0.15, 0.2) is 0 Å². The number of halogens is 3. The zero-order valence-electron chi connectivity index (χ0n) is 10.9. The highest BCUT2D eigenvalue weighted by atomic mass is 127. The van der Waals surface area contributed by atoms with Gasteiger partial charge in [0.1, 0.15) is 11.6 Å². The smallest absolute Gasteiger partial charge is 0.131 e. The van der Waals surface area contributed by atoms with E-state index in [1.807, 2.05) is 24.3 Å². The standard InChI is InChI=1S/C16H11F2IN2/c17-15-5-2-6-16(18)14(15)10-21-9-12(8-20-21)11-3-1-4-13(19)7-11/h1-9H,10H2. The van der Waals surface area contributed by atoms with Gasteiger partial charge in [-0.05, 0) is 52.4 Å². The van der Waals surface area contributed by atoms with Gasteiger partial charge >= 0.3 is 0 Å². The Morgan fingerprint density at radius 3 is 2.43 bits per heavy atom. The highest BCUT2D eigenvalue weighted by Crippen LogP contribution is 2.21. The summed E-state index contributed by atoms with van der Waals surface area (Å²) in [6, 6.07) is 11.8. The summed E-state index contributed by atoms with van der Waals surface area (Å²) < 4.78 is 29.9. The molecule has 1 aromatic heterocycles. The van der Waals surface area contributed by atoms with Gasteiger partial charge in [0, 0.05) is 20.9 Å². The van der Waals surface area contributed by atoms with Crippen molar-refractivity contribution in [2.45, 2.75) is 6.54 Å². The van der Waals surface area contributed by atoms with Gasteiger partial charge < -0.3 is 0 Å². The van der Waals surface area contributed by atoms with Crippen molar-refractivity contribution in [3.05, 3.63) is 75.6 Å². The number of rotatable bonds is 3. The fourth-order valence-electron chi connectivity index (χ4n) is 2.11. The van der Waals surface area contributed by atoms with Crippen LogP contribution in [-0.4, -0.2) is 9.78 Å². The van der Waals surface area contributed by atoms with Crippen molar-refractivity contribution in [3.63, 3.8) is 0 Å². The quantitative estimate of drug-likeness (QED) is 0.597. The fraction of sp³-hybridized carbons (Fsp3) is 0.0625. The molecule has 0 saturated heterocycles. The number of hydrogen-bond acceptors (Lipinski definition) is 1. The van der Waals surface area contributed by atoms with Crippen LogP contribution in [0, 0.1) is 15.2 Å². The minimum Gasteiger partial charge on any atom is -0.267 e. The van der Waals surface area contributed by atoms with Crippen molar-refractivity contribution in [3.8, 4) is 11.1 Å². The van der Waals surface area contributed by atoms with Crippen LogP contribution in [0.2, 0.25) is 0 Å². The van der Waals surface area contributed by atoms with Crippen LogP contribution in [0.5, 0.6) is 0 Å². The average Bonchev–Trinajstić information content (AvgIpc) is 2.92. The summed E-state index contributed by atoms with van der Waals surface area (Å²) in [5.74, 6) is -1.11. The molecule has 0 radical (unpaired) electrons. The largest absolute Gasteiger partial charge is 0.267 e. The van der Waals surface area contributed by atoms with Crippen molar-refractivity contribution in [2.24, 2.45) is 0 Å². The molecule has 0 aliphatic carbocycles. The SMILES string of the molecule is Fc1cccc(F)c1Cn1cc(-c2cccc(I)c2)cn1. The van der Waals surface area contributed by atoms with Gasteiger partial charge in [-0.15, -0.1) is 0 Å². The molecular formula is C16H11F2IN2. The van der Waals surface area contributed by atoms with Crippen LogP contribution in [-0.2, 0) is 6.54 Å². The Bertz CT molecular complexity index is 763. The first-order valence-electron chi connectivity index (χ1n) is 6.35. The van der Waals surface area contributed by atoms with E-state index in [1.165, 1.54) is 22.9 Å². The predicted octanol–water partition coefficient (Wildman–Crippen LogP) is 4.48. The van der Waals surface area contributed by atoms with Crippen molar-refractivity contribution in [1.82, 2.24) is 9.78 Å². The topological polar surface area (TPSA) is 17.8 Å². The number of aromatic nitrogens is 2. The summed E-state index contributed by atoms with van der Waals surface area (Å²) in [4.78, 5) is 0. The molecule has 3 aromatic rings. The number of hydrogen-bond donors (Lipinski definition) is 0. The van der Waals surface area contributed by atoms with Crippen molar-refractivity contribution in [1.29, 1.82) is 0 Å². The maximum atomic E-state index is 13.6. The van der Waals surface area contributed by atoms with Crippen molar-refractivity contribution >= 4 is 22.6 Å². The van der Waals surface area contributed by atoms with Crippen LogP contribution < -0.4 is 0 Å². The molecule has 0 saturated carbocycles. The third kappa shape index (κ3) is 3.12. The van der Waals surface area contributed by atoms with E-state index >= 15 is 0 Å². The van der Waals surface area contributed by atoms with E-state index in [2.05, 4.69) is 27.7 Å². The molecule has 0 fully saturated rings. The zero-order valence-corrected chi connectivity index (χ0v) is 13.1. The van der Waals surface area contributed by atoms with Gasteiger partial charge in [-0.25, -0.2) is 8.78 Å².